The quantitative estimate of drug-likeness (QED) is 0.648. The van der Waals surface area contributed by atoms with E-state index in [9.17, 15) is 8.78 Å². The monoisotopic (exact) mass is 173 g/mol. The van der Waals surface area contributed by atoms with Gasteiger partial charge in [0.05, 0.1) is 6.07 Å². The predicted molar refractivity (Wildman–Crippen MR) is 37.7 cm³/mol. The van der Waals surface area contributed by atoms with Gasteiger partial charge in [0.15, 0.2) is 6.79 Å². The summed E-state index contributed by atoms with van der Waals surface area (Å²) in [5.41, 5.74) is 0. The zero-order valence-electron chi connectivity index (χ0n) is 6.43. The molecule has 12 heavy (non-hydrogen) atoms. The van der Waals surface area contributed by atoms with E-state index in [4.69, 9.17) is 4.74 Å². The summed E-state index contributed by atoms with van der Waals surface area (Å²) in [4.78, 5) is 0. The fourth-order valence-corrected chi connectivity index (χ4v) is 0.688. The highest BCUT2D eigenvalue weighted by Gasteiger charge is 2.00. The summed E-state index contributed by atoms with van der Waals surface area (Å²) < 4.78 is 34.2. The lowest BCUT2D eigenvalue weighted by atomic mass is 10.3. The Morgan fingerprint density at radius 3 is 2.42 bits per heavy atom. The van der Waals surface area contributed by atoms with Crippen LogP contribution < -0.4 is 4.74 Å². The third-order valence-corrected chi connectivity index (χ3v) is 1.12. The van der Waals surface area contributed by atoms with Gasteiger partial charge in [-0.3, -0.25) is 0 Å². The van der Waals surface area contributed by atoms with Crippen LogP contribution in [0.1, 0.15) is 0 Å². The Bertz CT molecular complexity index is 243. The maximum absolute atomic E-state index is 12.4. The summed E-state index contributed by atoms with van der Waals surface area (Å²) in [5.74, 6) is -1.49. The topological polar surface area (TPSA) is 18.5 Å². The van der Waals surface area contributed by atoms with Crippen molar-refractivity contribution >= 4 is 0 Å². The van der Waals surface area contributed by atoms with Crippen LogP contribution in [0.3, 0.4) is 0 Å². The molecule has 0 amide bonds. The third kappa shape index (κ3) is 2.47. The van der Waals surface area contributed by atoms with Gasteiger partial charge in [-0.05, 0) is 0 Å². The molecule has 0 aliphatic carbocycles. The molecule has 0 saturated carbocycles. The number of methoxy groups -OCH3 is 1. The summed E-state index contributed by atoms with van der Waals surface area (Å²) in [5, 5.41) is 0. The van der Waals surface area contributed by atoms with Crippen molar-refractivity contribution in [2.45, 2.75) is 0 Å². The largest absolute Gasteiger partial charge is 0.467 e. The molecule has 0 aliphatic rings. The average Bonchev–Trinajstić information content (AvgIpc) is 1.99. The standard InChI is InChI=1S/C8H7F2O2/c1-11-5-12-8-3-6(9)2-7(10)4-8/h3-4H,5H2,1H3. The van der Waals surface area contributed by atoms with Gasteiger partial charge in [-0.15, -0.1) is 0 Å². The molecule has 0 N–H and O–H groups in total. The molecule has 1 aromatic carbocycles. The predicted octanol–water partition coefficient (Wildman–Crippen LogP) is 1.75. The Labute approximate surface area is 68.7 Å². The van der Waals surface area contributed by atoms with Crippen LogP contribution in [0.2, 0.25) is 0 Å². The lowest BCUT2D eigenvalue weighted by molar-refractivity contribution is 0.0507. The van der Waals surface area contributed by atoms with E-state index in [1.54, 1.807) is 0 Å². The molecule has 0 atom stereocenters. The fourth-order valence-electron chi connectivity index (χ4n) is 0.688. The SMILES string of the molecule is COCOc1cc(F)[c]c(F)c1. The highest BCUT2D eigenvalue weighted by molar-refractivity contribution is 5.22. The summed E-state index contributed by atoms with van der Waals surface area (Å²) in [6.45, 7) is -0.0388. The number of halogens is 2. The van der Waals surface area contributed by atoms with E-state index in [-0.39, 0.29) is 12.5 Å². The van der Waals surface area contributed by atoms with Crippen molar-refractivity contribution in [2.75, 3.05) is 13.9 Å². The number of hydrogen-bond acceptors (Lipinski definition) is 2. The Kier molecular flexibility index (Phi) is 2.99. The van der Waals surface area contributed by atoms with Crippen LogP contribution in [-0.2, 0) is 4.74 Å². The summed E-state index contributed by atoms with van der Waals surface area (Å²) in [6, 6.07) is 3.89. The highest BCUT2D eigenvalue weighted by Crippen LogP contribution is 2.14. The van der Waals surface area contributed by atoms with Crippen LogP contribution in [0.15, 0.2) is 12.1 Å². The molecule has 0 aliphatic heterocycles. The van der Waals surface area contributed by atoms with Crippen molar-refractivity contribution in [1.29, 1.82) is 0 Å². The number of hydrogen-bond donors (Lipinski definition) is 0. The first-order valence-corrected chi connectivity index (χ1v) is 3.22. The molecule has 0 saturated heterocycles. The molecule has 4 heteroatoms. The fraction of sp³-hybridized carbons (Fsp3) is 0.250. The van der Waals surface area contributed by atoms with Crippen molar-refractivity contribution in [3.8, 4) is 5.75 Å². The number of ether oxygens (including phenoxy) is 2. The van der Waals surface area contributed by atoms with E-state index in [1.165, 1.54) is 7.11 Å². The number of benzene rings is 1. The van der Waals surface area contributed by atoms with Gasteiger partial charge in [0.1, 0.15) is 17.4 Å². The Balaban J connectivity index is 2.72. The van der Waals surface area contributed by atoms with Gasteiger partial charge < -0.3 is 9.47 Å². The molecule has 0 bridgehead atoms. The van der Waals surface area contributed by atoms with Gasteiger partial charge >= 0.3 is 0 Å². The van der Waals surface area contributed by atoms with Crippen molar-refractivity contribution in [2.24, 2.45) is 0 Å². The van der Waals surface area contributed by atoms with Gasteiger partial charge in [0.25, 0.3) is 0 Å². The minimum Gasteiger partial charge on any atom is -0.467 e. The van der Waals surface area contributed by atoms with Crippen LogP contribution in [0.25, 0.3) is 0 Å². The second-order valence-corrected chi connectivity index (χ2v) is 2.06. The lowest BCUT2D eigenvalue weighted by Gasteiger charge is -2.03. The maximum Gasteiger partial charge on any atom is 0.188 e. The molecule has 1 aromatic rings. The van der Waals surface area contributed by atoms with Gasteiger partial charge in [-0.2, -0.15) is 0 Å². The van der Waals surface area contributed by atoms with E-state index in [0.717, 1.165) is 12.1 Å². The zero-order valence-corrected chi connectivity index (χ0v) is 6.43. The molecule has 1 rings (SSSR count). The van der Waals surface area contributed by atoms with E-state index in [2.05, 4.69) is 4.74 Å². The Hall–Kier alpha value is -1.16. The summed E-state index contributed by atoms with van der Waals surface area (Å²) in [6.07, 6.45) is 0. The van der Waals surface area contributed by atoms with E-state index >= 15 is 0 Å². The van der Waals surface area contributed by atoms with Gasteiger partial charge in [-0.25, -0.2) is 8.78 Å². The van der Waals surface area contributed by atoms with Crippen LogP contribution >= 0.6 is 0 Å². The molecular weight excluding hydrogens is 166 g/mol. The van der Waals surface area contributed by atoms with Crippen molar-refractivity contribution in [1.82, 2.24) is 0 Å². The minimum atomic E-state index is -0.791. The van der Waals surface area contributed by atoms with Gasteiger partial charge in [0.2, 0.25) is 0 Å². The van der Waals surface area contributed by atoms with Crippen molar-refractivity contribution in [3.05, 3.63) is 29.8 Å². The number of rotatable bonds is 3. The second kappa shape index (κ2) is 4.01. The van der Waals surface area contributed by atoms with Crippen LogP contribution in [0, 0.1) is 17.7 Å². The maximum atomic E-state index is 12.4. The zero-order chi connectivity index (χ0) is 8.97. The summed E-state index contributed by atoms with van der Waals surface area (Å²) >= 11 is 0. The Morgan fingerprint density at radius 2 is 1.92 bits per heavy atom. The summed E-state index contributed by atoms with van der Waals surface area (Å²) in [7, 11) is 1.42. The minimum absolute atomic E-state index is 0.0388. The molecule has 0 spiro atoms. The van der Waals surface area contributed by atoms with E-state index in [1.807, 2.05) is 6.07 Å². The lowest BCUT2D eigenvalue weighted by Crippen LogP contribution is -1.99. The second-order valence-electron chi connectivity index (χ2n) is 2.06. The molecule has 65 valence electrons. The van der Waals surface area contributed by atoms with Crippen molar-refractivity contribution < 1.29 is 18.3 Å². The molecule has 1 radical (unpaired) electrons. The van der Waals surface area contributed by atoms with Gasteiger partial charge in [0, 0.05) is 19.2 Å². The average molecular weight is 173 g/mol. The smallest absolute Gasteiger partial charge is 0.188 e. The Morgan fingerprint density at radius 1 is 1.33 bits per heavy atom. The third-order valence-electron chi connectivity index (χ3n) is 1.12. The van der Waals surface area contributed by atoms with Crippen molar-refractivity contribution in [3.63, 3.8) is 0 Å². The molecule has 0 fully saturated rings. The van der Waals surface area contributed by atoms with Crippen LogP contribution in [0.4, 0.5) is 8.78 Å². The normalized spacial score (nSPS) is 9.92. The van der Waals surface area contributed by atoms with Gasteiger partial charge in [-0.1, -0.05) is 0 Å². The first-order valence-electron chi connectivity index (χ1n) is 3.22. The van der Waals surface area contributed by atoms with E-state index in [0.29, 0.717) is 0 Å². The van der Waals surface area contributed by atoms with E-state index < -0.39 is 11.6 Å². The molecule has 0 aromatic heterocycles. The molecule has 0 heterocycles. The van der Waals surface area contributed by atoms with Crippen LogP contribution in [-0.4, -0.2) is 13.9 Å². The highest BCUT2D eigenvalue weighted by atomic mass is 19.1. The van der Waals surface area contributed by atoms with Crippen LogP contribution in [0.5, 0.6) is 5.75 Å². The first kappa shape index (κ1) is 8.93. The molecule has 0 unspecified atom stereocenters. The molecule has 2 nitrogen and oxygen atoms in total. The first-order chi connectivity index (χ1) is 5.72. The molecular formula is C8H7F2O2.